The van der Waals surface area contributed by atoms with Gasteiger partial charge in [-0.15, -0.1) is 0 Å². The Morgan fingerprint density at radius 2 is 2.18 bits per heavy atom. The van der Waals surface area contributed by atoms with Crippen LogP contribution in [0.1, 0.15) is 38.7 Å². The minimum absolute atomic E-state index is 0.136. The molecule has 0 saturated carbocycles. The van der Waals surface area contributed by atoms with Crippen molar-refractivity contribution >= 4 is 23.5 Å². The second kappa shape index (κ2) is 9.06. The molecule has 2 rings (SSSR count). The molecular weight excluding hydrogens is 296 g/mol. The third-order valence-electron chi connectivity index (χ3n) is 3.83. The number of benzene rings is 1. The van der Waals surface area contributed by atoms with Crippen LogP contribution < -0.4 is 10.6 Å². The van der Waals surface area contributed by atoms with Crippen LogP contribution in [0.3, 0.4) is 0 Å². The van der Waals surface area contributed by atoms with Gasteiger partial charge in [-0.25, -0.2) is 4.79 Å². The third-order valence-corrected chi connectivity index (χ3v) is 5.27. The fourth-order valence-electron chi connectivity index (χ4n) is 2.29. The average Bonchev–Trinajstić information content (AvgIpc) is 2.54. The molecule has 5 heteroatoms. The molecule has 1 aromatic rings. The summed E-state index contributed by atoms with van der Waals surface area (Å²) in [5, 5.41) is 6.51. The van der Waals surface area contributed by atoms with E-state index in [9.17, 15) is 4.79 Å². The Hall–Kier alpha value is -1.20. The van der Waals surface area contributed by atoms with Gasteiger partial charge in [0.1, 0.15) is 0 Å². The topological polar surface area (TPSA) is 50.4 Å². The molecule has 1 aliphatic heterocycles. The van der Waals surface area contributed by atoms with Crippen LogP contribution in [0, 0.1) is 0 Å². The molecule has 0 aromatic heterocycles. The van der Waals surface area contributed by atoms with Crippen LogP contribution in [0.25, 0.3) is 0 Å². The van der Waals surface area contributed by atoms with Crippen molar-refractivity contribution in [3.8, 4) is 0 Å². The number of hydrogen-bond donors (Lipinski definition) is 2. The quantitative estimate of drug-likeness (QED) is 0.831. The van der Waals surface area contributed by atoms with Crippen molar-refractivity contribution in [3.63, 3.8) is 0 Å². The zero-order valence-electron chi connectivity index (χ0n) is 13.4. The average molecular weight is 322 g/mol. The molecule has 122 valence electrons. The Bertz CT molecular complexity index is 475. The largest absolute Gasteiger partial charge is 0.381 e. The van der Waals surface area contributed by atoms with E-state index in [0.29, 0.717) is 5.25 Å². The number of ether oxygens (including phenoxy) is 1. The van der Waals surface area contributed by atoms with Gasteiger partial charge in [-0.05, 0) is 43.9 Å². The van der Waals surface area contributed by atoms with Crippen LogP contribution in [0.5, 0.6) is 0 Å². The van der Waals surface area contributed by atoms with E-state index in [2.05, 4.69) is 29.7 Å². The summed E-state index contributed by atoms with van der Waals surface area (Å²) in [5.74, 6) is 0.979. The molecule has 2 N–H and O–H groups in total. The van der Waals surface area contributed by atoms with Crippen molar-refractivity contribution in [3.05, 3.63) is 29.8 Å². The molecule has 22 heavy (non-hydrogen) atoms. The van der Waals surface area contributed by atoms with E-state index in [1.165, 1.54) is 5.56 Å². The summed E-state index contributed by atoms with van der Waals surface area (Å²) < 4.78 is 5.39. The standard InChI is InChI=1S/C17H26N2O2S/c1-3-13(2)18-17(20)19-15-6-4-5-14(11-15)12-22-16-7-9-21-10-8-16/h4-6,11,13,16H,3,7-10,12H2,1-2H3,(H2,18,19,20)/t13-/m0/s1. The molecule has 1 atom stereocenters. The summed E-state index contributed by atoms with van der Waals surface area (Å²) in [6, 6.07) is 8.15. The lowest BCUT2D eigenvalue weighted by Gasteiger charge is -2.21. The maximum absolute atomic E-state index is 11.9. The highest BCUT2D eigenvalue weighted by atomic mass is 32.2. The van der Waals surface area contributed by atoms with Gasteiger partial charge in [0.05, 0.1) is 0 Å². The minimum atomic E-state index is -0.136. The van der Waals surface area contributed by atoms with Gasteiger partial charge >= 0.3 is 6.03 Å². The van der Waals surface area contributed by atoms with Crippen molar-refractivity contribution in [2.24, 2.45) is 0 Å². The second-order valence-corrected chi connectivity index (χ2v) is 7.02. The van der Waals surface area contributed by atoms with Gasteiger partial charge in [0.2, 0.25) is 0 Å². The summed E-state index contributed by atoms with van der Waals surface area (Å²) in [4.78, 5) is 11.9. The number of hydrogen-bond acceptors (Lipinski definition) is 3. The van der Waals surface area contributed by atoms with E-state index in [1.54, 1.807) is 0 Å². The van der Waals surface area contributed by atoms with Gasteiger partial charge in [0.15, 0.2) is 0 Å². The van der Waals surface area contributed by atoms with Crippen molar-refractivity contribution in [1.82, 2.24) is 5.32 Å². The van der Waals surface area contributed by atoms with Crippen molar-refractivity contribution in [2.45, 2.75) is 50.2 Å². The molecule has 0 unspecified atom stereocenters. The summed E-state index contributed by atoms with van der Waals surface area (Å²) in [5.41, 5.74) is 2.10. The Balaban J connectivity index is 1.82. The first-order valence-corrected chi connectivity index (χ1v) is 9.08. The van der Waals surface area contributed by atoms with E-state index in [0.717, 1.165) is 43.9 Å². The lowest BCUT2D eigenvalue weighted by molar-refractivity contribution is 0.1000. The Labute approximate surface area is 137 Å². The maximum Gasteiger partial charge on any atom is 0.319 e. The van der Waals surface area contributed by atoms with Gasteiger partial charge < -0.3 is 15.4 Å². The monoisotopic (exact) mass is 322 g/mol. The maximum atomic E-state index is 11.9. The number of anilines is 1. The van der Waals surface area contributed by atoms with Gasteiger partial charge in [0, 0.05) is 35.9 Å². The number of amides is 2. The minimum Gasteiger partial charge on any atom is -0.381 e. The summed E-state index contributed by atoms with van der Waals surface area (Å²) >= 11 is 1.98. The normalized spacial score (nSPS) is 17.0. The number of rotatable bonds is 6. The molecule has 1 aliphatic rings. The van der Waals surface area contributed by atoms with Gasteiger partial charge in [-0.1, -0.05) is 19.1 Å². The zero-order chi connectivity index (χ0) is 15.8. The number of urea groups is 1. The van der Waals surface area contributed by atoms with Gasteiger partial charge in [0.25, 0.3) is 0 Å². The molecule has 2 amide bonds. The second-order valence-electron chi connectivity index (χ2n) is 5.73. The van der Waals surface area contributed by atoms with Crippen molar-refractivity contribution in [2.75, 3.05) is 18.5 Å². The molecular formula is C17H26N2O2S. The lowest BCUT2D eigenvalue weighted by atomic mass is 10.2. The van der Waals surface area contributed by atoms with Crippen LogP contribution in [-0.4, -0.2) is 30.5 Å². The first-order chi connectivity index (χ1) is 10.7. The molecule has 0 radical (unpaired) electrons. The van der Waals surface area contributed by atoms with E-state index in [4.69, 9.17) is 4.74 Å². The van der Waals surface area contributed by atoms with Crippen LogP contribution in [0.15, 0.2) is 24.3 Å². The highest BCUT2D eigenvalue weighted by Gasteiger charge is 2.14. The first-order valence-electron chi connectivity index (χ1n) is 8.03. The Morgan fingerprint density at radius 3 is 2.91 bits per heavy atom. The number of carbonyl (C=O) groups excluding carboxylic acids is 1. The van der Waals surface area contributed by atoms with Crippen LogP contribution >= 0.6 is 11.8 Å². The fraction of sp³-hybridized carbons (Fsp3) is 0.588. The van der Waals surface area contributed by atoms with Crippen LogP contribution in [0.4, 0.5) is 10.5 Å². The van der Waals surface area contributed by atoms with Gasteiger partial charge in [-0.3, -0.25) is 0 Å². The van der Waals surface area contributed by atoms with Crippen molar-refractivity contribution < 1.29 is 9.53 Å². The predicted molar refractivity (Wildman–Crippen MR) is 93.5 cm³/mol. The summed E-state index contributed by atoms with van der Waals surface area (Å²) in [6.07, 6.45) is 3.20. The van der Waals surface area contributed by atoms with Crippen LogP contribution in [0.2, 0.25) is 0 Å². The highest BCUT2D eigenvalue weighted by molar-refractivity contribution is 7.99. The Kier molecular flexibility index (Phi) is 7.06. The summed E-state index contributed by atoms with van der Waals surface area (Å²) in [7, 11) is 0. The lowest BCUT2D eigenvalue weighted by Crippen LogP contribution is -2.35. The SMILES string of the molecule is CC[C@H](C)NC(=O)Nc1cccc(CSC2CCOCC2)c1. The fourth-order valence-corrected chi connectivity index (χ4v) is 3.42. The highest BCUT2D eigenvalue weighted by Crippen LogP contribution is 2.26. The summed E-state index contributed by atoms with van der Waals surface area (Å²) in [6.45, 7) is 5.82. The van der Waals surface area contributed by atoms with E-state index in [-0.39, 0.29) is 12.1 Å². The number of thioether (sulfide) groups is 1. The smallest absolute Gasteiger partial charge is 0.319 e. The molecule has 0 aliphatic carbocycles. The predicted octanol–water partition coefficient (Wildman–Crippen LogP) is 4.02. The van der Waals surface area contributed by atoms with Gasteiger partial charge in [-0.2, -0.15) is 11.8 Å². The molecule has 1 aromatic carbocycles. The molecule has 1 heterocycles. The molecule has 0 bridgehead atoms. The molecule has 1 saturated heterocycles. The number of carbonyl (C=O) groups is 1. The Morgan fingerprint density at radius 1 is 1.41 bits per heavy atom. The number of nitrogens with one attached hydrogen (secondary N) is 2. The first kappa shape index (κ1) is 17.2. The molecule has 4 nitrogen and oxygen atoms in total. The molecule has 1 fully saturated rings. The van der Waals surface area contributed by atoms with Crippen LogP contribution in [-0.2, 0) is 10.5 Å². The van der Waals surface area contributed by atoms with E-state index >= 15 is 0 Å². The third kappa shape index (κ3) is 5.89. The van der Waals surface area contributed by atoms with E-state index < -0.39 is 0 Å². The molecule has 0 spiro atoms. The van der Waals surface area contributed by atoms with Crippen molar-refractivity contribution in [1.29, 1.82) is 0 Å². The zero-order valence-corrected chi connectivity index (χ0v) is 14.2. The van der Waals surface area contributed by atoms with E-state index in [1.807, 2.05) is 30.8 Å².